The van der Waals surface area contributed by atoms with Crippen LogP contribution in [0.2, 0.25) is 0 Å². The Morgan fingerprint density at radius 2 is 1.30 bits per heavy atom. The van der Waals surface area contributed by atoms with Crippen LogP contribution >= 0.6 is 16.1 Å². The van der Waals surface area contributed by atoms with Gasteiger partial charge < -0.3 is 0 Å². The van der Waals surface area contributed by atoms with E-state index in [1.807, 2.05) is 0 Å². The maximum Gasteiger partial charge on any atom is 0.0183 e. The van der Waals surface area contributed by atoms with Crippen LogP contribution in [0.1, 0.15) is 68.9 Å². The van der Waals surface area contributed by atoms with Crippen LogP contribution in [-0.2, 0) is 0 Å². The van der Waals surface area contributed by atoms with Crippen molar-refractivity contribution in [3.63, 3.8) is 0 Å². The molecule has 2 aromatic rings. The molecule has 0 unspecified atom stereocenters. The molecule has 1 saturated heterocycles. The smallest absolute Gasteiger partial charge is 0.0183 e. The molecule has 3 heteroatoms. The first-order chi connectivity index (χ1) is 13.3. The molecule has 1 heterocycles. The minimum atomic E-state index is -0.188. The first kappa shape index (κ1) is 21.0. The van der Waals surface area contributed by atoms with Gasteiger partial charge in [0.1, 0.15) is 0 Å². The molecular weight excluding hydrogens is 364 g/mol. The molecule has 0 aliphatic carbocycles. The summed E-state index contributed by atoms with van der Waals surface area (Å²) in [7, 11) is -0.203. The van der Waals surface area contributed by atoms with Crippen molar-refractivity contribution >= 4 is 16.1 Å². The Balaban J connectivity index is 1.99. The number of hydrogen-bond donors (Lipinski definition) is 0. The molecule has 0 saturated carbocycles. The molecule has 0 spiro atoms. The van der Waals surface area contributed by atoms with Crippen LogP contribution in [0, 0.1) is 0 Å². The largest absolute Gasteiger partial charge is 0.259 e. The van der Waals surface area contributed by atoms with Crippen molar-refractivity contribution in [1.82, 2.24) is 4.44 Å². The van der Waals surface area contributed by atoms with Crippen LogP contribution in [-0.4, -0.2) is 23.3 Å². The molecule has 146 valence electrons. The minimum Gasteiger partial charge on any atom is -0.259 e. The number of nitrogens with zero attached hydrogens (tertiary/aromatic N) is 1. The number of benzene rings is 2. The third-order valence-electron chi connectivity index (χ3n) is 5.76. The number of hydrogen-bond acceptors (Lipinski definition) is 1. The van der Waals surface area contributed by atoms with Gasteiger partial charge in [0.2, 0.25) is 0 Å². The van der Waals surface area contributed by atoms with Crippen LogP contribution in [0.5, 0.6) is 0 Å². The average Bonchev–Trinajstić information content (AvgIpc) is 3.17. The molecule has 1 nitrogen and oxygen atoms in total. The Hall–Kier alpha value is -0.740. The molecule has 2 aromatic carbocycles. The van der Waals surface area contributed by atoms with Crippen LogP contribution in [0.3, 0.4) is 0 Å². The molecule has 1 fully saturated rings. The van der Waals surface area contributed by atoms with Gasteiger partial charge in [-0.2, -0.15) is 0 Å². The van der Waals surface area contributed by atoms with Gasteiger partial charge in [0.25, 0.3) is 0 Å². The second-order valence-corrected chi connectivity index (χ2v) is 13.0. The summed E-state index contributed by atoms with van der Waals surface area (Å²) in [5, 5.41) is 0. The van der Waals surface area contributed by atoms with Gasteiger partial charge in [-0.15, -0.1) is 0 Å². The Bertz CT molecular complexity index is 609. The van der Waals surface area contributed by atoms with Crippen LogP contribution in [0.4, 0.5) is 0 Å². The zero-order valence-corrected chi connectivity index (χ0v) is 19.0. The SMILES string of the molecule is CCCCN(P(CC)CC)P1[C@@H](c2ccccc2)CC[C@@H]1c1ccccc1. The summed E-state index contributed by atoms with van der Waals surface area (Å²) in [6.07, 6.45) is 7.97. The second-order valence-electron chi connectivity index (χ2n) is 7.40. The van der Waals surface area contributed by atoms with E-state index in [2.05, 4.69) is 85.9 Å². The fraction of sp³-hybridized carbons (Fsp3) is 0.500. The summed E-state index contributed by atoms with van der Waals surface area (Å²) < 4.78 is 3.04. The minimum absolute atomic E-state index is 0.0141. The van der Waals surface area contributed by atoms with Gasteiger partial charge in [0.15, 0.2) is 0 Å². The predicted octanol–water partition coefficient (Wildman–Crippen LogP) is 8.20. The summed E-state index contributed by atoms with van der Waals surface area (Å²) in [5.41, 5.74) is 4.61. The van der Waals surface area contributed by atoms with Crippen molar-refractivity contribution in [3.05, 3.63) is 71.8 Å². The van der Waals surface area contributed by atoms with Crippen LogP contribution < -0.4 is 0 Å². The van der Waals surface area contributed by atoms with Crippen molar-refractivity contribution < 1.29 is 0 Å². The highest BCUT2D eigenvalue weighted by atomic mass is 31.2. The summed E-state index contributed by atoms with van der Waals surface area (Å²) in [6.45, 7) is 8.45. The molecule has 1 aliphatic heterocycles. The van der Waals surface area contributed by atoms with E-state index in [0.29, 0.717) is 0 Å². The maximum absolute atomic E-state index is 3.04. The Labute approximate surface area is 169 Å². The lowest BCUT2D eigenvalue weighted by atomic mass is 10.0. The lowest BCUT2D eigenvalue weighted by Gasteiger charge is -2.42. The molecule has 1 aliphatic rings. The van der Waals surface area contributed by atoms with Gasteiger partial charge in [0, 0.05) is 17.9 Å². The molecule has 0 aromatic heterocycles. The topological polar surface area (TPSA) is 3.24 Å². The van der Waals surface area contributed by atoms with Gasteiger partial charge in [-0.1, -0.05) is 87.9 Å². The van der Waals surface area contributed by atoms with Gasteiger partial charge in [0.05, 0.1) is 0 Å². The van der Waals surface area contributed by atoms with E-state index in [-0.39, 0.29) is 16.1 Å². The van der Waals surface area contributed by atoms with E-state index in [1.54, 1.807) is 11.1 Å². The molecule has 0 amide bonds. The number of unbranched alkanes of at least 4 members (excludes halogenated alkanes) is 1. The fourth-order valence-corrected chi connectivity index (χ4v) is 11.8. The fourth-order valence-electron chi connectivity index (χ4n) is 4.36. The summed E-state index contributed by atoms with van der Waals surface area (Å²) in [6, 6.07) is 22.8. The Morgan fingerprint density at radius 3 is 1.70 bits per heavy atom. The Kier molecular flexibility index (Phi) is 8.32. The zero-order valence-electron chi connectivity index (χ0n) is 17.2. The maximum atomic E-state index is 3.04. The van der Waals surface area contributed by atoms with Crippen LogP contribution in [0.15, 0.2) is 60.7 Å². The quantitative estimate of drug-likeness (QED) is 0.384. The highest BCUT2D eigenvalue weighted by Gasteiger charge is 2.42. The standard InChI is InChI=1S/C24H35NP2/c1-4-7-20-25(26(5-2)6-3)27-23(21-14-10-8-11-15-21)18-19-24(27)22-16-12-9-13-17-22/h8-17,23-24H,4-7,18-20H2,1-3H3/t23-,24-/m1/s1. The highest BCUT2D eigenvalue weighted by molar-refractivity contribution is 7.70. The lowest BCUT2D eigenvalue weighted by Crippen LogP contribution is -2.19. The predicted molar refractivity (Wildman–Crippen MR) is 124 cm³/mol. The summed E-state index contributed by atoms with van der Waals surface area (Å²) >= 11 is 0. The van der Waals surface area contributed by atoms with Gasteiger partial charge in [-0.3, -0.25) is 4.44 Å². The Morgan fingerprint density at radius 1 is 0.815 bits per heavy atom. The molecular formula is C24H35NP2. The van der Waals surface area contributed by atoms with Crippen molar-refractivity contribution in [2.24, 2.45) is 0 Å². The van der Waals surface area contributed by atoms with Crippen molar-refractivity contribution in [3.8, 4) is 0 Å². The first-order valence-corrected chi connectivity index (χ1v) is 13.8. The van der Waals surface area contributed by atoms with Gasteiger partial charge >= 0.3 is 0 Å². The van der Waals surface area contributed by atoms with E-state index in [4.69, 9.17) is 0 Å². The average molecular weight is 399 g/mol. The normalized spacial score (nSPS) is 20.6. The van der Waals surface area contributed by atoms with E-state index in [0.717, 1.165) is 11.3 Å². The summed E-state index contributed by atoms with van der Waals surface area (Å²) in [5.74, 6) is 0. The van der Waals surface area contributed by atoms with Crippen LogP contribution in [0.25, 0.3) is 0 Å². The van der Waals surface area contributed by atoms with E-state index < -0.39 is 0 Å². The molecule has 27 heavy (non-hydrogen) atoms. The third kappa shape index (κ3) is 5.00. The van der Waals surface area contributed by atoms with E-state index in [1.165, 1.54) is 44.6 Å². The second kappa shape index (κ2) is 10.7. The van der Waals surface area contributed by atoms with Crippen molar-refractivity contribution in [1.29, 1.82) is 0 Å². The summed E-state index contributed by atoms with van der Waals surface area (Å²) in [4.78, 5) is 0. The third-order valence-corrected chi connectivity index (χ3v) is 12.6. The lowest BCUT2D eigenvalue weighted by molar-refractivity contribution is 0.625. The monoisotopic (exact) mass is 399 g/mol. The molecule has 0 radical (unpaired) electrons. The zero-order chi connectivity index (χ0) is 19.1. The number of rotatable bonds is 9. The van der Waals surface area contributed by atoms with Crippen molar-refractivity contribution in [2.45, 2.75) is 57.8 Å². The molecule has 0 N–H and O–H groups in total. The molecule has 3 rings (SSSR count). The van der Waals surface area contributed by atoms with Crippen molar-refractivity contribution in [2.75, 3.05) is 18.9 Å². The van der Waals surface area contributed by atoms with E-state index >= 15 is 0 Å². The molecule has 2 atom stereocenters. The van der Waals surface area contributed by atoms with Gasteiger partial charge in [-0.25, -0.2) is 0 Å². The molecule has 0 bridgehead atoms. The van der Waals surface area contributed by atoms with Gasteiger partial charge in [-0.05, 0) is 58.9 Å². The van der Waals surface area contributed by atoms with E-state index in [9.17, 15) is 0 Å². The highest BCUT2D eigenvalue weighted by Crippen LogP contribution is 2.76. The first-order valence-electron chi connectivity index (χ1n) is 10.7.